The molecule has 1 aromatic carbocycles. The second-order valence-corrected chi connectivity index (χ2v) is 5.53. The summed E-state index contributed by atoms with van der Waals surface area (Å²) in [5.41, 5.74) is 2.61. The summed E-state index contributed by atoms with van der Waals surface area (Å²) >= 11 is 0. The number of benzene rings is 1. The van der Waals surface area contributed by atoms with Gasteiger partial charge in [-0.15, -0.1) is 0 Å². The number of aromatic nitrogens is 2. The van der Waals surface area contributed by atoms with Crippen LogP contribution in [0.15, 0.2) is 36.7 Å². The molecule has 1 heterocycles. The van der Waals surface area contributed by atoms with Crippen molar-refractivity contribution in [2.45, 2.75) is 33.6 Å². The Morgan fingerprint density at radius 1 is 1.09 bits per heavy atom. The molecule has 1 aromatic heterocycles. The zero-order valence-electron chi connectivity index (χ0n) is 14.0. The van der Waals surface area contributed by atoms with E-state index in [-0.39, 0.29) is 5.91 Å². The number of amides is 1. The number of hydrogen-bond acceptors (Lipinski definition) is 4. The molecule has 5 heteroatoms. The van der Waals surface area contributed by atoms with Gasteiger partial charge in [-0.25, -0.2) is 9.97 Å². The monoisotopic (exact) mass is 312 g/mol. The number of carbonyl (C=O) groups excluding carboxylic acids is 1. The molecule has 5 nitrogen and oxygen atoms in total. The van der Waals surface area contributed by atoms with Gasteiger partial charge in [0.1, 0.15) is 0 Å². The third kappa shape index (κ3) is 4.52. The lowest BCUT2D eigenvalue weighted by molar-refractivity contribution is 0.0755. The highest BCUT2D eigenvalue weighted by Gasteiger charge is 2.15. The van der Waals surface area contributed by atoms with Gasteiger partial charge in [-0.3, -0.25) is 4.79 Å². The number of hydrogen-bond donors (Lipinski definition) is 1. The van der Waals surface area contributed by atoms with E-state index in [1.165, 1.54) is 0 Å². The lowest BCUT2D eigenvalue weighted by atomic mass is 10.2. The number of nitrogens with zero attached hydrogens (tertiary/aromatic N) is 3. The van der Waals surface area contributed by atoms with Crippen LogP contribution in [0.3, 0.4) is 0 Å². The van der Waals surface area contributed by atoms with Gasteiger partial charge in [-0.2, -0.15) is 0 Å². The van der Waals surface area contributed by atoms with E-state index in [0.29, 0.717) is 11.5 Å². The molecule has 0 atom stereocenters. The second-order valence-electron chi connectivity index (χ2n) is 5.53. The first-order valence-electron chi connectivity index (χ1n) is 8.09. The van der Waals surface area contributed by atoms with Crippen LogP contribution in [0.2, 0.25) is 0 Å². The van der Waals surface area contributed by atoms with Crippen molar-refractivity contribution in [3.63, 3.8) is 0 Å². The Kier molecular flexibility index (Phi) is 6.09. The number of para-hydroxylation sites is 1. The molecule has 0 aliphatic heterocycles. The normalized spacial score (nSPS) is 10.4. The third-order valence-corrected chi connectivity index (χ3v) is 3.56. The standard InChI is InChI=1S/C18H24N4O/c1-4-10-22(11-5-2)17(23)15-12-19-18(20-13-15)21-16-9-7-6-8-14(16)3/h6-9,12-13H,4-5,10-11H2,1-3H3,(H,19,20,21). The average molecular weight is 312 g/mol. The van der Waals surface area contributed by atoms with Gasteiger partial charge in [0.25, 0.3) is 5.91 Å². The summed E-state index contributed by atoms with van der Waals surface area (Å²) in [5.74, 6) is 0.490. The predicted octanol–water partition coefficient (Wildman–Crippen LogP) is 3.79. The van der Waals surface area contributed by atoms with Gasteiger partial charge < -0.3 is 10.2 Å². The third-order valence-electron chi connectivity index (χ3n) is 3.56. The van der Waals surface area contributed by atoms with Gasteiger partial charge in [0.05, 0.1) is 5.56 Å². The van der Waals surface area contributed by atoms with Crippen LogP contribution >= 0.6 is 0 Å². The Balaban J connectivity index is 2.09. The Labute approximate surface area is 137 Å². The minimum Gasteiger partial charge on any atom is -0.339 e. The van der Waals surface area contributed by atoms with Crippen LogP contribution in [-0.4, -0.2) is 33.9 Å². The molecule has 23 heavy (non-hydrogen) atoms. The SMILES string of the molecule is CCCN(CCC)C(=O)c1cnc(Nc2ccccc2C)nc1. The fourth-order valence-corrected chi connectivity index (χ4v) is 2.37. The summed E-state index contributed by atoms with van der Waals surface area (Å²) in [4.78, 5) is 22.9. The minimum absolute atomic E-state index is 0.00357. The molecule has 122 valence electrons. The fourth-order valence-electron chi connectivity index (χ4n) is 2.37. The number of rotatable bonds is 7. The van der Waals surface area contributed by atoms with E-state index in [4.69, 9.17) is 0 Å². The molecule has 2 rings (SSSR count). The van der Waals surface area contributed by atoms with Gasteiger partial charge in [-0.05, 0) is 31.4 Å². The van der Waals surface area contributed by atoms with Crippen molar-refractivity contribution in [1.29, 1.82) is 0 Å². The molecular formula is C18H24N4O. The summed E-state index contributed by atoms with van der Waals surface area (Å²) in [6, 6.07) is 7.94. The van der Waals surface area contributed by atoms with E-state index in [1.807, 2.05) is 36.1 Å². The summed E-state index contributed by atoms with van der Waals surface area (Å²) in [6.07, 6.45) is 5.07. The molecule has 0 fully saturated rings. The smallest absolute Gasteiger partial charge is 0.256 e. The first-order chi connectivity index (χ1) is 11.2. The Morgan fingerprint density at radius 2 is 1.70 bits per heavy atom. The van der Waals surface area contributed by atoms with Crippen molar-refractivity contribution < 1.29 is 4.79 Å². The maximum absolute atomic E-state index is 12.5. The van der Waals surface area contributed by atoms with E-state index in [9.17, 15) is 4.79 Å². The Hall–Kier alpha value is -2.43. The minimum atomic E-state index is -0.00357. The number of nitrogens with one attached hydrogen (secondary N) is 1. The van der Waals surface area contributed by atoms with E-state index < -0.39 is 0 Å². The molecule has 0 aliphatic carbocycles. The lowest BCUT2D eigenvalue weighted by Crippen LogP contribution is -2.32. The van der Waals surface area contributed by atoms with Crippen molar-refractivity contribution in [2.75, 3.05) is 18.4 Å². The molecule has 0 saturated carbocycles. The van der Waals surface area contributed by atoms with E-state index in [1.54, 1.807) is 12.4 Å². The van der Waals surface area contributed by atoms with E-state index in [2.05, 4.69) is 29.1 Å². The lowest BCUT2D eigenvalue weighted by Gasteiger charge is -2.21. The van der Waals surface area contributed by atoms with Crippen molar-refractivity contribution in [3.8, 4) is 0 Å². The quantitative estimate of drug-likeness (QED) is 0.845. The zero-order valence-corrected chi connectivity index (χ0v) is 14.0. The van der Waals surface area contributed by atoms with Gasteiger partial charge in [0.2, 0.25) is 5.95 Å². The molecular weight excluding hydrogens is 288 g/mol. The predicted molar refractivity (Wildman–Crippen MR) is 93.0 cm³/mol. The highest BCUT2D eigenvalue weighted by molar-refractivity contribution is 5.93. The van der Waals surface area contributed by atoms with Gasteiger partial charge >= 0.3 is 0 Å². The largest absolute Gasteiger partial charge is 0.339 e. The number of aryl methyl sites for hydroxylation is 1. The molecule has 0 saturated heterocycles. The maximum Gasteiger partial charge on any atom is 0.256 e. The fraction of sp³-hybridized carbons (Fsp3) is 0.389. The van der Waals surface area contributed by atoms with Gasteiger partial charge in [0.15, 0.2) is 0 Å². The summed E-state index contributed by atoms with van der Waals surface area (Å²) < 4.78 is 0. The molecule has 0 spiro atoms. The molecule has 1 amide bonds. The van der Waals surface area contributed by atoms with E-state index >= 15 is 0 Å². The Morgan fingerprint density at radius 3 is 2.26 bits per heavy atom. The van der Waals surface area contributed by atoms with Gasteiger partial charge in [0, 0.05) is 31.2 Å². The summed E-state index contributed by atoms with van der Waals surface area (Å²) in [7, 11) is 0. The molecule has 2 aromatic rings. The molecule has 0 unspecified atom stereocenters. The van der Waals surface area contributed by atoms with E-state index in [0.717, 1.165) is 37.2 Å². The van der Waals surface area contributed by atoms with Crippen LogP contribution in [0.5, 0.6) is 0 Å². The van der Waals surface area contributed by atoms with Crippen LogP contribution in [0, 0.1) is 6.92 Å². The second kappa shape index (κ2) is 8.27. The Bertz CT molecular complexity index is 634. The highest BCUT2D eigenvalue weighted by atomic mass is 16.2. The highest BCUT2D eigenvalue weighted by Crippen LogP contribution is 2.17. The van der Waals surface area contributed by atoms with Crippen LogP contribution in [0.4, 0.5) is 11.6 Å². The van der Waals surface area contributed by atoms with Crippen molar-refractivity contribution >= 4 is 17.5 Å². The van der Waals surface area contributed by atoms with Crippen LogP contribution in [0.25, 0.3) is 0 Å². The average Bonchev–Trinajstić information content (AvgIpc) is 2.57. The summed E-state index contributed by atoms with van der Waals surface area (Å²) in [5, 5.41) is 3.17. The summed E-state index contributed by atoms with van der Waals surface area (Å²) in [6.45, 7) is 7.68. The number of anilines is 2. The topological polar surface area (TPSA) is 58.1 Å². The molecule has 1 N–H and O–H groups in total. The van der Waals surface area contributed by atoms with Crippen LogP contribution in [-0.2, 0) is 0 Å². The van der Waals surface area contributed by atoms with Crippen molar-refractivity contribution in [1.82, 2.24) is 14.9 Å². The zero-order chi connectivity index (χ0) is 16.7. The first-order valence-corrected chi connectivity index (χ1v) is 8.09. The molecule has 0 radical (unpaired) electrons. The van der Waals surface area contributed by atoms with Crippen molar-refractivity contribution in [2.24, 2.45) is 0 Å². The number of carbonyl (C=O) groups is 1. The first kappa shape index (κ1) is 16.9. The maximum atomic E-state index is 12.5. The van der Waals surface area contributed by atoms with Crippen LogP contribution < -0.4 is 5.32 Å². The molecule has 0 bridgehead atoms. The van der Waals surface area contributed by atoms with Crippen molar-refractivity contribution in [3.05, 3.63) is 47.8 Å². The van der Waals surface area contributed by atoms with Crippen LogP contribution in [0.1, 0.15) is 42.6 Å². The molecule has 0 aliphatic rings. The van der Waals surface area contributed by atoms with Gasteiger partial charge in [-0.1, -0.05) is 32.0 Å².